The number of piperidine rings is 1. The Morgan fingerprint density at radius 1 is 1.29 bits per heavy atom. The Morgan fingerprint density at radius 3 is 2.71 bits per heavy atom. The van der Waals surface area contributed by atoms with Crippen molar-refractivity contribution in [3.8, 4) is 5.75 Å². The average molecular weight is 411 g/mol. The van der Waals surface area contributed by atoms with Gasteiger partial charge in [0.25, 0.3) is 5.91 Å². The first-order chi connectivity index (χ1) is 13.3. The summed E-state index contributed by atoms with van der Waals surface area (Å²) in [5.74, 6) is 0.0393. The summed E-state index contributed by atoms with van der Waals surface area (Å²) in [7, 11) is -0.584. The van der Waals surface area contributed by atoms with Gasteiger partial charge in [0.1, 0.15) is 10.6 Å². The molecule has 2 aliphatic heterocycles. The second kappa shape index (κ2) is 8.80. The van der Waals surface area contributed by atoms with Gasteiger partial charge in [0.2, 0.25) is 10.0 Å². The molecule has 1 aromatic rings. The van der Waals surface area contributed by atoms with Gasteiger partial charge in [-0.25, -0.2) is 8.42 Å². The topological polar surface area (TPSA) is 76.1 Å². The van der Waals surface area contributed by atoms with Crippen LogP contribution in [0.4, 0.5) is 0 Å². The zero-order chi connectivity index (χ0) is 20.3. The SMILES string of the molecule is COc1ccc(C(=O)N(C)CC2CCCO2)cc1S(=O)(=O)N1CCCCC1C. The zero-order valence-corrected chi connectivity index (χ0v) is 17.7. The first-order valence-electron chi connectivity index (χ1n) is 9.91. The molecular formula is C20H30N2O5S. The molecule has 2 atom stereocenters. The van der Waals surface area contributed by atoms with E-state index in [4.69, 9.17) is 9.47 Å². The molecule has 0 N–H and O–H groups in total. The highest BCUT2D eigenvalue weighted by molar-refractivity contribution is 7.89. The number of hydrogen-bond acceptors (Lipinski definition) is 5. The molecule has 7 nitrogen and oxygen atoms in total. The van der Waals surface area contributed by atoms with Gasteiger partial charge in [-0.15, -0.1) is 0 Å². The van der Waals surface area contributed by atoms with E-state index < -0.39 is 10.0 Å². The number of hydrogen-bond donors (Lipinski definition) is 0. The van der Waals surface area contributed by atoms with Gasteiger partial charge in [0, 0.05) is 38.3 Å². The van der Waals surface area contributed by atoms with E-state index in [2.05, 4.69) is 0 Å². The fourth-order valence-electron chi connectivity index (χ4n) is 3.96. The van der Waals surface area contributed by atoms with Crippen LogP contribution in [0.2, 0.25) is 0 Å². The van der Waals surface area contributed by atoms with Crippen LogP contribution in [0.15, 0.2) is 23.1 Å². The number of nitrogens with zero attached hydrogens (tertiary/aromatic N) is 2. The number of rotatable bonds is 6. The van der Waals surface area contributed by atoms with Crippen molar-refractivity contribution in [3.63, 3.8) is 0 Å². The van der Waals surface area contributed by atoms with Crippen LogP contribution in [-0.4, -0.2) is 69.5 Å². The van der Waals surface area contributed by atoms with Crippen molar-refractivity contribution in [1.29, 1.82) is 0 Å². The molecule has 28 heavy (non-hydrogen) atoms. The van der Waals surface area contributed by atoms with E-state index in [0.29, 0.717) is 18.7 Å². The van der Waals surface area contributed by atoms with Crippen LogP contribution in [-0.2, 0) is 14.8 Å². The summed E-state index contributed by atoms with van der Waals surface area (Å²) < 4.78 is 39.0. The monoisotopic (exact) mass is 410 g/mol. The van der Waals surface area contributed by atoms with Crippen LogP contribution in [0.5, 0.6) is 5.75 Å². The molecule has 2 saturated heterocycles. The average Bonchev–Trinajstić information content (AvgIpc) is 3.20. The molecule has 2 heterocycles. The number of ether oxygens (including phenoxy) is 2. The molecule has 2 aliphatic rings. The molecule has 0 aromatic heterocycles. The Bertz CT molecular complexity index is 805. The molecule has 0 spiro atoms. The highest BCUT2D eigenvalue weighted by atomic mass is 32.2. The minimum Gasteiger partial charge on any atom is -0.495 e. The predicted molar refractivity (Wildman–Crippen MR) is 106 cm³/mol. The predicted octanol–water partition coefficient (Wildman–Crippen LogP) is 2.51. The third kappa shape index (κ3) is 4.34. The normalized spacial score (nSPS) is 23.5. The van der Waals surface area contributed by atoms with Crippen molar-refractivity contribution >= 4 is 15.9 Å². The lowest BCUT2D eigenvalue weighted by molar-refractivity contribution is 0.0587. The molecule has 156 valence electrons. The highest BCUT2D eigenvalue weighted by Crippen LogP contribution is 2.32. The quantitative estimate of drug-likeness (QED) is 0.720. The van der Waals surface area contributed by atoms with Crippen LogP contribution < -0.4 is 4.74 Å². The smallest absolute Gasteiger partial charge is 0.253 e. The molecule has 0 radical (unpaired) electrons. The molecule has 2 fully saturated rings. The zero-order valence-electron chi connectivity index (χ0n) is 16.9. The highest BCUT2D eigenvalue weighted by Gasteiger charge is 2.34. The third-order valence-electron chi connectivity index (χ3n) is 5.59. The Kier molecular flexibility index (Phi) is 6.62. The molecular weight excluding hydrogens is 380 g/mol. The maximum Gasteiger partial charge on any atom is 0.253 e. The van der Waals surface area contributed by atoms with Gasteiger partial charge in [-0.2, -0.15) is 4.31 Å². The van der Waals surface area contributed by atoms with Gasteiger partial charge in [0.05, 0.1) is 13.2 Å². The lowest BCUT2D eigenvalue weighted by Gasteiger charge is -2.32. The first kappa shape index (κ1) is 21.1. The summed E-state index contributed by atoms with van der Waals surface area (Å²) >= 11 is 0. The second-order valence-electron chi connectivity index (χ2n) is 7.65. The van der Waals surface area contributed by atoms with Crippen molar-refractivity contribution < 1.29 is 22.7 Å². The van der Waals surface area contributed by atoms with E-state index in [9.17, 15) is 13.2 Å². The number of methoxy groups -OCH3 is 1. The minimum atomic E-state index is -3.75. The summed E-state index contributed by atoms with van der Waals surface area (Å²) in [6, 6.07) is 4.56. The number of carbonyl (C=O) groups excluding carboxylic acids is 1. The summed E-state index contributed by atoms with van der Waals surface area (Å²) in [5.41, 5.74) is 0.338. The minimum absolute atomic E-state index is 0.0459. The maximum atomic E-state index is 13.3. The van der Waals surface area contributed by atoms with Crippen LogP contribution in [0.25, 0.3) is 0 Å². The number of likely N-dealkylation sites (N-methyl/N-ethyl adjacent to an activating group) is 1. The fourth-order valence-corrected chi connectivity index (χ4v) is 5.85. The maximum absolute atomic E-state index is 13.3. The molecule has 8 heteroatoms. The lowest BCUT2D eigenvalue weighted by atomic mass is 10.1. The molecule has 1 aromatic carbocycles. The van der Waals surface area contributed by atoms with Gasteiger partial charge in [0.15, 0.2) is 0 Å². The Morgan fingerprint density at radius 2 is 2.07 bits per heavy atom. The van der Waals surface area contributed by atoms with E-state index in [1.165, 1.54) is 17.5 Å². The molecule has 1 amide bonds. The van der Waals surface area contributed by atoms with Crippen molar-refractivity contribution in [2.75, 3.05) is 33.9 Å². The van der Waals surface area contributed by atoms with Crippen molar-refractivity contribution in [1.82, 2.24) is 9.21 Å². The van der Waals surface area contributed by atoms with Gasteiger partial charge in [-0.3, -0.25) is 4.79 Å². The third-order valence-corrected chi connectivity index (χ3v) is 7.62. The van der Waals surface area contributed by atoms with Crippen molar-refractivity contribution in [3.05, 3.63) is 23.8 Å². The van der Waals surface area contributed by atoms with Crippen LogP contribution in [0, 0.1) is 0 Å². The molecule has 2 unspecified atom stereocenters. The molecule has 0 bridgehead atoms. The summed E-state index contributed by atoms with van der Waals surface area (Å²) in [4.78, 5) is 14.5. The molecule has 0 aliphatic carbocycles. The Balaban J connectivity index is 1.88. The van der Waals surface area contributed by atoms with Crippen LogP contribution >= 0.6 is 0 Å². The number of sulfonamides is 1. The second-order valence-corrected chi connectivity index (χ2v) is 9.51. The van der Waals surface area contributed by atoms with Gasteiger partial charge in [-0.1, -0.05) is 6.42 Å². The van der Waals surface area contributed by atoms with E-state index in [-0.39, 0.29) is 28.7 Å². The summed E-state index contributed by atoms with van der Waals surface area (Å²) in [6.07, 6.45) is 4.69. The summed E-state index contributed by atoms with van der Waals surface area (Å²) in [5, 5.41) is 0. The largest absolute Gasteiger partial charge is 0.495 e. The van der Waals surface area contributed by atoms with Crippen LogP contribution in [0.3, 0.4) is 0 Å². The van der Waals surface area contributed by atoms with E-state index in [0.717, 1.165) is 38.7 Å². The summed E-state index contributed by atoms with van der Waals surface area (Å²) in [6.45, 7) is 3.64. The van der Waals surface area contributed by atoms with Gasteiger partial charge < -0.3 is 14.4 Å². The lowest BCUT2D eigenvalue weighted by Crippen LogP contribution is -2.42. The van der Waals surface area contributed by atoms with E-state index >= 15 is 0 Å². The standard InChI is InChI=1S/C20H30N2O5S/c1-15-7-4-5-11-22(15)28(24,25)19-13-16(9-10-18(19)26-3)20(23)21(2)14-17-8-6-12-27-17/h9-10,13,15,17H,4-8,11-12,14H2,1-3H3. The Hall–Kier alpha value is -1.64. The Labute approximate surface area is 167 Å². The molecule has 0 saturated carbocycles. The van der Waals surface area contributed by atoms with Crippen molar-refractivity contribution in [2.24, 2.45) is 0 Å². The fraction of sp³-hybridized carbons (Fsp3) is 0.650. The van der Waals surface area contributed by atoms with E-state index in [1.807, 2.05) is 6.92 Å². The van der Waals surface area contributed by atoms with Crippen LogP contribution in [0.1, 0.15) is 49.4 Å². The number of amides is 1. The van der Waals surface area contributed by atoms with Crippen molar-refractivity contribution in [2.45, 2.75) is 56.1 Å². The number of carbonyl (C=O) groups is 1. The number of benzene rings is 1. The van der Waals surface area contributed by atoms with Gasteiger partial charge >= 0.3 is 0 Å². The first-order valence-corrected chi connectivity index (χ1v) is 11.4. The van der Waals surface area contributed by atoms with Gasteiger partial charge in [-0.05, 0) is 50.8 Å². The van der Waals surface area contributed by atoms with E-state index in [1.54, 1.807) is 24.1 Å². The molecule has 3 rings (SSSR count).